The highest BCUT2D eigenvalue weighted by atomic mass is 32.2. The van der Waals surface area contributed by atoms with Gasteiger partial charge in [-0.1, -0.05) is 0 Å². The van der Waals surface area contributed by atoms with Crippen molar-refractivity contribution in [2.45, 2.75) is 37.7 Å². The van der Waals surface area contributed by atoms with E-state index in [2.05, 4.69) is 0 Å². The van der Waals surface area contributed by atoms with Crippen LogP contribution in [-0.2, 0) is 14.8 Å². The Morgan fingerprint density at radius 3 is 2.70 bits per heavy atom. The van der Waals surface area contributed by atoms with Crippen molar-refractivity contribution in [2.24, 2.45) is 0 Å². The number of sulfonamides is 1. The second-order valence-corrected chi connectivity index (χ2v) is 7.41. The molecule has 0 amide bonds. The third kappa shape index (κ3) is 2.97. The first-order valence-corrected chi connectivity index (χ1v) is 8.21. The summed E-state index contributed by atoms with van der Waals surface area (Å²) in [5, 5.41) is 0. The Bertz CT molecular complexity index is 593. The SMILES string of the molecule is Cc1cc(N)c(C)c(S(=O)(=O)N(C)CC2CCCO2)c1. The van der Waals surface area contributed by atoms with E-state index in [-0.39, 0.29) is 11.0 Å². The van der Waals surface area contributed by atoms with Crippen LogP contribution >= 0.6 is 0 Å². The summed E-state index contributed by atoms with van der Waals surface area (Å²) in [4.78, 5) is 0.287. The zero-order valence-electron chi connectivity index (χ0n) is 12.2. The van der Waals surface area contributed by atoms with Gasteiger partial charge in [0, 0.05) is 25.9 Å². The molecule has 112 valence electrons. The van der Waals surface area contributed by atoms with E-state index in [0.29, 0.717) is 17.8 Å². The van der Waals surface area contributed by atoms with Crippen LogP contribution in [0.1, 0.15) is 24.0 Å². The molecule has 20 heavy (non-hydrogen) atoms. The number of hydrogen-bond acceptors (Lipinski definition) is 4. The molecule has 1 aromatic carbocycles. The van der Waals surface area contributed by atoms with Crippen LogP contribution < -0.4 is 5.73 Å². The number of benzene rings is 1. The van der Waals surface area contributed by atoms with E-state index in [4.69, 9.17) is 10.5 Å². The van der Waals surface area contributed by atoms with Crippen molar-refractivity contribution in [3.8, 4) is 0 Å². The smallest absolute Gasteiger partial charge is 0.243 e. The highest BCUT2D eigenvalue weighted by Gasteiger charge is 2.27. The van der Waals surface area contributed by atoms with Gasteiger partial charge >= 0.3 is 0 Å². The van der Waals surface area contributed by atoms with Gasteiger partial charge in [-0.15, -0.1) is 0 Å². The molecule has 6 heteroatoms. The number of rotatable bonds is 4. The number of nitrogen functional groups attached to an aromatic ring is 1. The van der Waals surface area contributed by atoms with Gasteiger partial charge in [0.05, 0.1) is 11.0 Å². The van der Waals surface area contributed by atoms with Crippen molar-refractivity contribution in [2.75, 3.05) is 25.9 Å². The quantitative estimate of drug-likeness (QED) is 0.859. The summed E-state index contributed by atoms with van der Waals surface area (Å²) in [6.07, 6.45) is 1.90. The monoisotopic (exact) mass is 298 g/mol. The fraction of sp³-hybridized carbons (Fsp3) is 0.571. The third-order valence-electron chi connectivity index (χ3n) is 3.72. The minimum Gasteiger partial charge on any atom is -0.398 e. The number of hydrogen-bond donors (Lipinski definition) is 1. The number of aryl methyl sites for hydroxylation is 1. The Hall–Kier alpha value is -1.11. The largest absolute Gasteiger partial charge is 0.398 e. The molecule has 0 aliphatic carbocycles. The molecule has 0 aromatic heterocycles. The molecule has 1 saturated heterocycles. The normalized spacial score (nSPS) is 19.7. The average molecular weight is 298 g/mol. The molecule has 1 fully saturated rings. The van der Waals surface area contributed by atoms with E-state index in [9.17, 15) is 8.42 Å². The first-order chi connectivity index (χ1) is 9.32. The van der Waals surface area contributed by atoms with Crippen LogP contribution in [0, 0.1) is 13.8 Å². The number of anilines is 1. The van der Waals surface area contributed by atoms with E-state index in [0.717, 1.165) is 25.0 Å². The van der Waals surface area contributed by atoms with Gasteiger partial charge in [0.15, 0.2) is 0 Å². The summed E-state index contributed by atoms with van der Waals surface area (Å²) >= 11 is 0. The van der Waals surface area contributed by atoms with E-state index < -0.39 is 10.0 Å². The molecule has 0 radical (unpaired) electrons. The molecule has 5 nitrogen and oxygen atoms in total. The van der Waals surface area contributed by atoms with Crippen LogP contribution in [0.5, 0.6) is 0 Å². The zero-order chi connectivity index (χ0) is 14.9. The van der Waals surface area contributed by atoms with Gasteiger partial charge in [0.2, 0.25) is 10.0 Å². The second kappa shape index (κ2) is 5.71. The van der Waals surface area contributed by atoms with Gasteiger partial charge in [-0.25, -0.2) is 8.42 Å². The van der Waals surface area contributed by atoms with Crippen molar-refractivity contribution in [1.29, 1.82) is 0 Å². The second-order valence-electron chi connectivity index (χ2n) is 5.40. The average Bonchev–Trinajstić information content (AvgIpc) is 2.86. The molecule has 2 rings (SSSR count). The maximum absolute atomic E-state index is 12.7. The topological polar surface area (TPSA) is 72.6 Å². The Labute approximate surface area is 120 Å². The lowest BCUT2D eigenvalue weighted by Crippen LogP contribution is -2.34. The molecule has 0 saturated carbocycles. The Morgan fingerprint density at radius 1 is 1.40 bits per heavy atom. The van der Waals surface area contributed by atoms with Crippen molar-refractivity contribution in [3.05, 3.63) is 23.3 Å². The standard InChI is InChI=1S/C14H22N2O3S/c1-10-7-13(15)11(2)14(8-10)20(17,18)16(3)9-12-5-4-6-19-12/h7-8,12H,4-6,9,15H2,1-3H3. The predicted octanol–water partition coefficient (Wildman–Crippen LogP) is 1.69. The number of likely N-dealkylation sites (N-methyl/N-ethyl adjacent to an activating group) is 1. The molecule has 0 spiro atoms. The first-order valence-electron chi connectivity index (χ1n) is 6.77. The lowest BCUT2D eigenvalue weighted by atomic mass is 10.1. The number of ether oxygens (including phenoxy) is 1. The van der Waals surface area contributed by atoms with Gasteiger partial charge in [-0.05, 0) is 49.9 Å². The minimum atomic E-state index is -3.53. The molecule has 2 N–H and O–H groups in total. The van der Waals surface area contributed by atoms with Crippen LogP contribution in [0.25, 0.3) is 0 Å². The minimum absolute atomic E-state index is 0.00256. The molecular weight excluding hydrogens is 276 g/mol. The summed E-state index contributed by atoms with van der Waals surface area (Å²) in [5.74, 6) is 0. The van der Waals surface area contributed by atoms with Gasteiger partial charge in [-0.2, -0.15) is 4.31 Å². The highest BCUT2D eigenvalue weighted by Crippen LogP contribution is 2.26. The Morgan fingerprint density at radius 2 is 2.10 bits per heavy atom. The highest BCUT2D eigenvalue weighted by molar-refractivity contribution is 7.89. The first kappa shape index (κ1) is 15.3. The molecule has 1 aromatic rings. The molecular formula is C14H22N2O3S. The Balaban J connectivity index is 2.29. The van der Waals surface area contributed by atoms with E-state index in [1.807, 2.05) is 6.92 Å². The molecule has 1 atom stereocenters. The number of nitrogens with zero attached hydrogens (tertiary/aromatic N) is 1. The van der Waals surface area contributed by atoms with Crippen LogP contribution in [0.3, 0.4) is 0 Å². The summed E-state index contributed by atoms with van der Waals surface area (Å²) in [6.45, 7) is 4.68. The van der Waals surface area contributed by atoms with E-state index in [1.54, 1.807) is 26.1 Å². The summed E-state index contributed by atoms with van der Waals surface area (Å²) in [6, 6.07) is 3.46. The summed E-state index contributed by atoms with van der Waals surface area (Å²) in [5.41, 5.74) is 7.83. The molecule has 1 aliphatic rings. The fourth-order valence-corrected chi connectivity index (χ4v) is 4.00. The summed E-state index contributed by atoms with van der Waals surface area (Å²) in [7, 11) is -1.94. The summed E-state index contributed by atoms with van der Waals surface area (Å²) < 4.78 is 32.2. The maximum Gasteiger partial charge on any atom is 0.243 e. The van der Waals surface area contributed by atoms with Gasteiger partial charge < -0.3 is 10.5 Å². The zero-order valence-corrected chi connectivity index (χ0v) is 13.0. The molecule has 1 unspecified atom stereocenters. The molecule has 0 bridgehead atoms. The van der Waals surface area contributed by atoms with Crippen molar-refractivity contribution in [1.82, 2.24) is 4.31 Å². The maximum atomic E-state index is 12.7. The van der Waals surface area contributed by atoms with E-state index >= 15 is 0 Å². The molecule has 1 heterocycles. The van der Waals surface area contributed by atoms with E-state index in [1.165, 1.54) is 4.31 Å². The fourth-order valence-electron chi connectivity index (χ4n) is 2.46. The van der Waals surface area contributed by atoms with Crippen LogP contribution in [0.4, 0.5) is 5.69 Å². The van der Waals surface area contributed by atoms with Crippen molar-refractivity contribution in [3.63, 3.8) is 0 Å². The lowest BCUT2D eigenvalue weighted by Gasteiger charge is -2.22. The third-order valence-corrected chi connectivity index (χ3v) is 5.67. The van der Waals surface area contributed by atoms with Crippen LogP contribution in [0.15, 0.2) is 17.0 Å². The van der Waals surface area contributed by atoms with Gasteiger partial charge in [0.1, 0.15) is 0 Å². The van der Waals surface area contributed by atoms with Crippen molar-refractivity contribution < 1.29 is 13.2 Å². The van der Waals surface area contributed by atoms with Crippen LogP contribution in [-0.4, -0.2) is 39.0 Å². The number of nitrogens with two attached hydrogens (primary N) is 1. The van der Waals surface area contributed by atoms with Gasteiger partial charge in [-0.3, -0.25) is 0 Å². The predicted molar refractivity (Wildman–Crippen MR) is 79.1 cm³/mol. The molecule has 1 aliphatic heterocycles. The van der Waals surface area contributed by atoms with Crippen LogP contribution in [0.2, 0.25) is 0 Å². The lowest BCUT2D eigenvalue weighted by molar-refractivity contribution is 0.0979. The Kier molecular flexibility index (Phi) is 4.36. The van der Waals surface area contributed by atoms with Crippen molar-refractivity contribution >= 4 is 15.7 Å². The van der Waals surface area contributed by atoms with Gasteiger partial charge in [0.25, 0.3) is 0 Å².